The van der Waals surface area contributed by atoms with Crippen molar-refractivity contribution in [1.29, 1.82) is 0 Å². The molecule has 21 heavy (non-hydrogen) atoms. The van der Waals surface area contributed by atoms with Crippen molar-refractivity contribution in [1.82, 2.24) is 9.62 Å². The van der Waals surface area contributed by atoms with Crippen LogP contribution >= 0.6 is 0 Å². The van der Waals surface area contributed by atoms with Gasteiger partial charge in [0.1, 0.15) is 11.3 Å². The lowest BCUT2D eigenvalue weighted by molar-refractivity contribution is 0.0693. The molecule has 0 aliphatic rings. The van der Waals surface area contributed by atoms with Crippen molar-refractivity contribution in [3.63, 3.8) is 0 Å². The molecule has 0 aliphatic heterocycles. The Morgan fingerprint density at radius 1 is 1.38 bits per heavy atom. The van der Waals surface area contributed by atoms with E-state index in [1.807, 2.05) is 18.9 Å². The molecule has 0 saturated carbocycles. The molecule has 0 spiro atoms. The lowest BCUT2D eigenvalue weighted by atomic mass is 10.1. The van der Waals surface area contributed by atoms with Gasteiger partial charge in [-0.05, 0) is 38.2 Å². The number of nitrogens with one attached hydrogen (secondary N) is 1. The molecule has 0 fully saturated rings. The number of sulfonamides is 1. The van der Waals surface area contributed by atoms with Gasteiger partial charge in [-0.2, -0.15) is 0 Å². The van der Waals surface area contributed by atoms with Gasteiger partial charge in [-0.3, -0.25) is 0 Å². The molecule has 0 amide bonds. The fourth-order valence-corrected chi connectivity index (χ4v) is 3.01. The summed E-state index contributed by atoms with van der Waals surface area (Å²) in [4.78, 5) is 12.8. The van der Waals surface area contributed by atoms with Crippen LogP contribution in [0, 0.1) is 6.92 Å². The number of aromatic carboxylic acids is 1. The SMILES string of the molecule is CCN(C)CCNS(=O)(=O)c1cc(C(=O)O)c(O)cc1C. The molecule has 0 bridgehead atoms. The lowest BCUT2D eigenvalue weighted by Crippen LogP contribution is -2.33. The van der Waals surface area contributed by atoms with Gasteiger partial charge in [-0.1, -0.05) is 6.92 Å². The molecule has 0 atom stereocenters. The molecule has 7 nitrogen and oxygen atoms in total. The minimum Gasteiger partial charge on any atom is -0.507 e. The number of benzene rings is 1. The van der Waals surface area contributed by atoms with Gasteiger partial charge in [0.25, 0.3) is 0 Å². The molecular formula is C13H20N2O5S. The van der Waals surface area contributed by atoms with Crippen LogP contribution in [-0.4, -0.2) is 56.2 Å². The Balaban J connectivity index is 3.03. The summed E-state index contributed by atoms with van der Waals surface area (Å²) in [7, 11) is -1.96. The number of likely N-dealkylation sites (N-methyl/N-ethyl adjacent to an activating group) is 1. The topological polar surface area (TPSA) is 107 Å². The third kappa shape index (κ3) is 4.42. The molecule has 0 aromatic heterocycles. The molecule has 8 heteroatoms. The minimum absolute atomic E-state index is 0.142. The molecule has 3 N–H and O–H groups in total. The molecule has 0 radical (unpaired) electrons. The van der Waals surface area contributed by atoms with Crippen LogP contribution in [0.5, 0.6) is 5.75 Å². The Labute approximate surface area is 124 Å². The van der Waals surface area contributed by atoms with Crippen molar-refractivity contribution in [3.8, 4) is 5.75 Å². The Bertz CT molecular complexity index is 628. The maximum absolute atomic E-state index is 12.2. The van der Waals surface area contributed by atoms with Gasteiger partial charge in [0.2, 0.25) is 10.0 Å². The van der Waals surface area contributed by atoms with E-state index < -0.39 is 27.3 Å². The van der Waals surface area contributed by atoms with E-state index in [1.165, 1.54) is 6.92 Å². The van der Waals surface area contributed by atoms with Crippen LogP contribution in [0.1, 0.15) is 22.8 Å². The van der Waals surface area contributed by atoms with Crippen molar-refractivity contribution < 1.29 is 23.4 Å². The highest BCUT2D eigenvalue weighted by Gasteiger charge is 2.21. The molecule has 0 unspecified atom stereocenters. The van der Waals surface area contributed by atoms with Crippen LogP contribution in [0.4, 0.5) is 0 Å². The van der Waals surface area contributed by atoms with Crippen LogP contribution in [0.25, 0.3) is 0 Å². The van der Waals surface area contributed by atoms with E-state index in [0.29, 0.717) is 6.54 Å². The average molecular weight is 316 g/mol. The summed E-state index contributed by atoms with van der Waals surface area (Å²) in [6.45, 7) is 5.01. The Morgan fingerprint density at radius 2 is 2.00 bits per heavy atom. The van der Waals surface area contributed by atoms with Gasteiger partial charge in [0.15, 0.2) is 0 Å². The highest BCUT2D eigenvalue weighted by molar-refractivity contribution is 7.89. The van der Waals surface area contributed by atoms with E-state index in [-0.39, 0.29) is 17.0 Å². The maximum atomic E-state index is 12.2. The van der Waals surface area contributed by atoms with E-state index >= 15 is 0 Å². The largest absolute Gasteiger partial charge is 0.507 e. The number of hydrogen-bond donors (Lipinski definition) is 3. The monoisotopic (exact) mass is 316 g/mol. The zero-order valence-corrected chi connectivity index (χ0v) is 13.1. The van der Waals surface area contributed by atoms with Crippen LogP contribution < -0.4 is 4.72 Å². The molecule has 0 heterocycles. The number of rotatable bonds is 7. The van der Waals surface area contributed by atoms with Crippen LogP contribution in [0.3, 0.4) is 0 Å². The molecule has 118 valence electrons. The third-order valence-electron chi connectivity index (χ3n) is 3.14. The Hall–Kier alpha value is -1.64. The predicted molar refractivity (Wildman–Crippen MR) is 78.2 cm³/mol. The number of aryl methyl sites for hydroxylation is 1. The average Bonchev–Trinajstić information content (AvgIpc) is 2.37. The van der Waals surface area contributed by atoms with E-state index in [2.05, 4.69) is 4.72 Å². The zero-order valence-electron chi connectivity index (χ0n) is 12.3. The first-order valence-corrected chi connectivity index (χ1v) is 7.92. The quantitative estimate of drug-likeness (QED) is 0.681. The molecule has 1 rings (SSSR count). The second-order valence-electron chi connectivity index (χ2n) is 4.73. The summed E-state index contributed by atoms with van der Waals surface area (Å²) in [5.41, 5.74) is -0.152. The van der Waals surface area contributed by atoms with Crippen molar-refractivity contribution in [2.24, 2.45) is 0 Å². The summed E-state index contributed by atoms with van der Waals surface area (Å²) >= 11 is 0. The Morgan fingerprint density at radius 3 is 2.52 bits per heavy atom. The third-order valence-corrected chi connectivity index (χ3v) is 4.74. The Kier molecular flexibility index (Phi) is 5.70. The number of carboxylic acid groups (broad SMARTS) is 1. The van der Waals surface area contributed by atoms with Crippen molar-refractivity contribution >= 4 is 16.0 Å². The minimum atomic E-state index is -3.82. The predicted octanol–water partition coefficient (Wildman–Crippen LogP) is 0.629. The van der Waals surface area contributed by atoms with Gasteiger partial charge in [0, 0.05) is 13.1 Å². The second kappa shape index (κ2) is 6.88. The fourth-order valence-electron chi connectivity index (χ4n) is 1.74. The molecular weight excluding hydrogens is 296 g/mol. The first kappa shape index (κ1) is 17.4. The summed E-state index contributed by atoms with van der Waals surface area (Å²) in [5, 5.41) is 18.5. The summed E-state index contributed by atoms with van der Waals surface area (Å²) in [5.74, 6) is -1.83. The summed E-state index contributed by atoms with van der Waals surface area (Å²) < 4.78 is 26.8. The number of aromatic hydroxyl groups is 1. The van der Waals surface area contributed by atoms with Gasteiger partial charge in [-0.25, -0.2) is 17.9 Å². The molecule has 0 saturated heterocycles. The van der Waals surface area contributed by atoms with Crippen LogP contribution in [0.2, 0.25) is 0 Å². The zero-order chi connectivity index (χ0) is 16.2. The van der Waals surface area contributed by atoms with Gasteiger partial charge in [0.05, 0.1) is 4.90 Å². The number of nitrogens with zero attached hydrogens (tertiary/aromatic N) is 1. The van der Waals surface area contributed by atoms with E-state index in [0.717, 1.165) is 18.7 Å². The van der Waals surface area contributed by atoms with Gasteiger partial charge >= 0.3 is 5.97 Å². The van der Waals surface area contributed by atoms with E-state index in [9.17, 15) is 18.3 Å². The van der Waals surface area contributed by atoms with E-state index in [4.69, 9.17) is 5.11 Å². The second-order valence-corrected chi connectivity index (χ2v) is 6.47. The number of carbonyl (C=O) groups is 1. The van der Waals surface area contributed by atoms with Crippen molar-refractivity contribution in [2.75, 3.05) is 26.7 Å². The van der Waals surface area contributed by atoms with Crippen LogP contribution in [0.15, 0.2) is 17.0 Å². The fraction of sp³-hybridized carbons (Fsp3) is 0.462. The normalized spacial score (nSPS) is 11.8. The number of phenols is 1. The van der Waals surface area contributed by atoms with E-state index in [1.54, 1.807) is 0 Å². The standard InChI is InChI=1S/C13H20N2O5S/c1-4-15(3)6-5-14-21(19,20)12-8-10(13(17)18)11(16)7-9(12)2/h7-8,14,16H,4-6H2,1-3H3,(H,17,18). The summed E-state index contributed by atoms with van der Waals surface area (Å²) in [6.07, 6.45) is 0. The first-order chi connectivity index (χ1) is 9.69. The number of hydrogen-bond acceptors (Lipinski definition) is 5. The molecule has 1 aromatic rings. The highest BCUT2D eigenvalue weighted by Crippen LogP contribution is 2.25. The van der Waals surface area contributed by atoms with Crippen LogP contribution in [-0.2, 0) is 10.0 Å². The van der Waals surface area contributed by atoms with Crippen molar-refractivity contribution in [2.45, 2.75) is 18.7 Å². The highest BCUT2D eigenvalue weighted by atomic mass is 32.2. The lowest BCUT2D eigenvalue weighted by Gasteiger charge is -2.15. The molecule has 0 aliphatic carbocycles. The molecule has 1 aromatic carbocycles. The maximum Gasteiger partial charge on any atom is 0.339 e. The number of carboxylic acids is 1. The first-order valence-electron chi connectivity index (χ1n) is 6.44. The summed E-state index contributed by atoms with van der Waals surface area (Å²) in [6, 6.07) is 2.11. The van der Waals surface area contributed by atoms with Gasteiger partial charge < -0.3 is 15.1 Å². The van der Waals surface area contributed by atoms with Crippen molar-refractivity contribution in [3.05, 3.63) is 23.3 Å². The smallest absolute Gasteiger partial charge is 0.339 e. The van der Waals surface area contributed by atoms with Gasteiger partial charge in [-0.15, -0.1) is 0 Å².